The number of carbonyl (C=O) groups is 1. The number of hydrazine groups is 1. The second-order valence-corrected chi connectivity index (χ2v) is 3.68. The molecule has 0 aromatic heterocycles. The van der Waals surface area contributed by atoms with Crippen LogP contribution in [0.2, 0.25) is 0 Å². The highest BCUT2D eigenvalue weighted by Gasteiger charge is 2.15. The molecule has 82 valence electrons. The molecule has 2 N–H and O–H groups in total. The van der Waals surface area contributed by atoms with E-state index in [1.54, 1.807) is 5.01 Å². The molecule has 0 aromatic rings. The number of nitrogens with zero attached hydrogens (tertiary/aromatic N) is 1. The SMILES string of the molecule is CN(C)NCC(=O)NC1CCOCC1. The largest absolute Gasteiger partial charge is 0.381 e. The van der Waals surface area contributed by atoms with Crippen LogP contribution in [0.4, 0.5) is 0 Å². The van der Waals surface area contributed by atoms with Gasteiger partial charge in [-0.3, -0.25) is 9.80 Å². The number of carbonyl (C=O) groups excluding carboxylic acids is 1. The van der Waals surface area contributed by atoms with Gasteiger partial charge in [-0.05, 0) is 12.8 Å². The molecule has 0 aliphatic carbocycles. The van der Waals surface area contributed by atoms with Crippen molar-refractivity contribution >= 4 is 5.91 Å². The smallest absolute Gasteiger partial charge is 0.235 e. The molecule has 5 nitrogen and oxygen atoms in total. The second-order valence-electron chi connectivity index (χ2n) is 3.68. The molecule has 1 amide bonds. The first-order valence-corrected chi connectivity index (χ1v) is 4.96. The Balaban J connectivity index is 2.12. The molecule has 0 atom stereocenters. The van der Waals surface area contributed by atoms with Gasteiger partial charge in [0.25, 0.3) is 0 Å². The highest BCUT2D eigenvalue weighted by atomic mass is 16.5. The summed E-state index contributed by atoms with van der Waals surface area (Å²) in [6.45, 7) is 1.85. The van der Waals surface area contributed by atoms with Crippen molar-refractivity contribution in [2.45, 2.75) is 18.9 Å². The summed E-state index contributed by atoms with van der Waals surface area (Å²) in [4.78, 5) is 11.4. The normalized spacial score (nSPS) is 18.5. The van der Waals surface area contributed by atoms with Crippen LogP contribution in [0.5, 0.6) is 0 Å². The molecule has 0 aromatic carbocycles. The van der Waals surface area contributed by atoms with E-state index in [2.05, 4.69) is 10.7 Å². The van der Waals surface area contributed by atoms with Crippen LogP contribution < -0.4 is 10.7 Å². The van der Waals surface area contributed by atoms with Crippen molar-refractivity contribution in [1.82, 2.24) is 15.8 Å². The Hall–Kier alpha value is -0.650. The third-order valence-corrected chi connectivity index (χ3v) is 2.14. The van der Waals surface area contributed by atoms with Gasteiger partial charge >= 0.3 is 0 Å². The predicted octanol–water partition coefficient (Wildman–Crippen LogP) is -0.652. The van der Waals surface area contributed by atoms with Gasteiger partial charge in [-0.2, -0.15) is 0 Å². The highest BCUT2D eigenvalue weighted by molar-refractivity contribution is 5.78. The maximum atomic E-state index is 11.4. The molecule has 1 aliphatic rings. The Morgan fingerprint density at radius 2 is 2.07 bits per heavy atom. The maximum Gasteiger partial charge on any atom is 0.235 e. The minimum absolute atomic E-state index is 0.0469. The zero-order valence-corrected chi connectivity index (χ0v) is 8.88. The third-order valence-electron chi connectivity index (χ3n) is 2.14. The number of hydrogen-bond acceptors (Lipinski definition) is 4. The summed E-state index contributed by atoms with van der Waals surface area (Å²) in [5, 5.41) is 4.73. The fourth-order valence-electron chi connectivity index (χ4n) is 1.35. The van der Waals surface area contributed by atoms with Gasteiger partial charge in [0, 0.05) is 33.4 Å². The van der Waals surface area contributed by atoms with Gasteiger partial charge in [-0.15, -0.1) is 0 Å². The Morgan fingerprint density at radius 1 is 1.43 bits per heavy atom. The lowest BCUT2D eigenvalue weighted by atomic mass is 10.1. The van der Waals surface area contributed by atoms with Crippen LogP contribution in [0.3, 0.4) is 0 Å². The van der Waals surface area contributed by atoms with Crippen LogP contribution in [0.25, 0.3) is 0 Å². The molecule has 1 heterocycles. The summed E-state index contributed by atoms with van der Waals surface area (Å²) in [6.07, 6.45) is 1.85. The Bertz CT molecular complexity index is 179. The summed E-state index contributed by atoms with van der Waals surface area (Å²) in [7, 11) is 3.73. The first-order chi connectivity index (χ1) is 6.68. The van der Waals surface area contributed by atoms with Gasteiger partial charge in [0.05, 0.1) is 6.54 Å². The zero-order valence-electron chi connectivity index (χ0n) is 8.88. The predicted molar refractivity (Wildman–Crippen MR) is 53.7 cm³/mol. The van der Waals surface area contributed by atoms with Crippen LogP contribution in [-0.2, 0) is 9.53 Å². The zero-order chi connectivity index (χ0) is 10.4. The monoisotopic (exact) mass is 201 g/mol. The standard InChI is InChI=1S/C9H19N3O2/c1-12(2)10-7-9(13)11-8-3-5-14-6-4-8/h8,10H,3-7H2,1-2H3,(H,11,13). The first kappa shape index (κ1) is 11.4. The van der Waals surface area contributed by atoms with Gasteiger partial charge < -0.3 is 10.1 Å². The van der Waals surface area contributed by atoms with E-state index in [0.29, 0.717) is 12.6 Å². The summed E-state index contributed by atoms with van der Waals surface area (Å²) >= 11 is 0. The molecule has 0 radical (unpaired) electrons. The quantitative estimate of drug-likeness (QED) is 0.593. The molecular weight excluding hydrogens is 182 g/mol. The highest BCUT2D eigenvalue weighted by Crippen LogP contribution is 2.05. The fraction of sp³-hybridized carbons (Fsp3) is 0.889. The van der Waals surface area contributed by atoms with E-state index in [9.17, 15) is 4.79 Å². The number of ether oxygens (including phenoxy) is 1. The van der Waals surface area contributed by atoms with Gasteiger partial charge in [-0.25, -0.2) is 5.43 Å². The van der Waals surface area contributed by atoms with Crippen molar-refractivity contribution in [3.63, 3.8) is 0 Å². The molecule has 5 heteroatoms. The van der Waals surface area contributed by atoms with Gasteiger partial charge in [0.15, 0.2) is 0 Å². The number of hydrogen-bond donors (Lipinski definition) is 2. The van der Waals surface area contributed by atoms with Gasteiger partial charge in [0.2, 0.25) is 5.91 Å². The lowest BCUT2D eigenvalue weighted by molar-refractivity contribution is -0.122. The van der Waals surface area contributed by atoms with Crippen molar-refractivity contribution in [3.05, 3.63) is 0 Å². The van der Waals surface area contributed by atoms with Gasteiger partial charge in [0.1, 0.15) is 0 Å². The van der Waals surface area contributed by atoms with Crippen molar-refractivity contribution < 1.29 is 9.53 Å². The molecule has 0 unspecified atom stereocenters. The number of amides is 1. The maximum absolute atomic E-state index is 11.4. The topological polar surface area (TPSA) is 53.6 Å². The summed E-state index contributed by atoms with van der Waals surface area (Å²) in [5.74, 6) is 0.0469. The van der Waals surface area contributed by atoms with Crippen LogP contribution >= 0.6 is 0 Å². The van der Waals surface area contributed by atoms with E-state index in [1.165, 1.54) is 0 Å². The van der Waals surface area contributed by atoms with E-state index in [4.69, 9.17) is 4.74 Å². The van der Waals surface area contributed by atoms with E-state index in [-0.39, 0.29) is 5.91 Å². The minimum Gasteiger partial charge on any atom is -0.381 e. The van der Waals surface area contributed by atoms with Crippen molar-refractivity contribution in [1.29, 1.82) is 0 Å². The molecule has 1 saturated heterocycles. The number of rotatable bonds is 4. The van der Waals surface area contributed by atoms with Gasteiger partial charge in [-0.1, -0.05) is 0 Å². The summed E-state index contributed by atoms with van der Waals surface area (Å²) < 4.78 is 5.20. The Labute approximate surface area is 84.8 Å². The average molecular weight is 201 g/mol. The van der Waals surface area contributed by atoms with E-state index in [0.717, 1.165) is 26.1 Å². The molecule has 1 aliphatic heterocycles. The van der Waals surface area contributed by atoms with Crippen molar-refractivity contribution in [2.24, 2.45) is 0 Å². The van der Waals surface area contributed by atoms with Crippen molar-refractivity contribution in [2.75, 3.05) is 33.9 Å². The molecule has 1 rings (SSSR count). The fourth-order valence-corrected chi connectivity index (χ4v) is 1.35. The lowest BCUT2D eigenvalue weighted by Gasteiger charge is -2.23. The van der Waals surface area contributed by atoms with Crippen LogP contribution in [0.1, 0.15) is 12.8 Å². The number of nitrogens with one attached hydrogen (secondary N) is 2. The van der Waals surface area contributed by atoms with Crippen LogP contribution in [-0.4, -0.2) is 50.8 Å². The molecule has 0 bridgehead atoms. The third kappa shape index (κ3) is 4.55. The Kier molecular flexibility index (Phi) is 4.86. The second kappa shape index (κ2) is 5.95. The van der Waals surface area contributed by atoms with Crippen molar-refractivity contribution in [3.8, 4) is 0 Å². The molecule has 1 fully saturated rings. The van der Waals surface area contributed by atoms with E-state index in [1.807, 2.05) is 14.1 Å². The summed E-state index contributed by atoms with van der Waals surface area (Å²) in [5.41, 5.74) is 2.92. The van der Waals surface area contributed by atoms with Crippen LogP contribution in [0.15, 0.2) is 0 Å². The summed E-state index contributed by atoms with van der Waals surface area (Å²) in [6, 6.07) is 0.292. The van der Waals surface area contributed by atoms with E-state index < -0.39 is 0 Å². The first-order valence-electron chi connectivity index (χ1n) is 4.96. The average Bonchev–Trinajstić information content (AvgIpc) is 2.16. The minimum atomic E-state index is 0.0469. The van der Waals surface area contributed by atoms with E-state index >= 15 is 0 Å². The lowest BCUT2D eigenvalue weighted by Crippen LogP contribution is -2.45. The molecule has 14 heavy (non-hydrogen) atoms. The molecule has 0 spiro atoms. The Morgan fingerprint density at radius 3 is 2.64 bits per heavy atom. The molecular formula is C9H19N3O2. The molecule has 0 saturated carbocycles. The van der Waals surface area contributed by atoms with Crippen LogP contribution in [0, 0.1) is 0 Å².